The van der Waals surface area contributed by atoms with E-state index in [2.05, 4.69) is 20.6 Å². The topological polar surface area (TPSA) is 69.5 Å². The number of aliphatic hydroxyl groups is 1. The minimum absolute atomic E-state index is 0.0529. The predicted molar refractivity (Wildman–Crippen MR) is 96.0 cm³/mol. The van der Waals surface area contributed by atoms with E-state index in [0.29, 0.717) is 30.5 Å². The second kappa shape index (κ2) is 9.54. The second-order valence-electron chi connectivity index (χ2n) is 5.46. The molecule has 0 saturated carbocycles. The predicted octanol–water partition coefficient (Wildman–Crippen LogP) is 3.34. The lowest BCUT2D eigenvalue weighted by Gasteiger charge is -2.14. The fourth-order valence-electron chi connectivity index (χ4n) is 2.17. The molecule has 142 valence electrons. The standard InChI is InChI=1S/C17H21F3N4OS/c1-2-21-16(22-9-8-13(25)12-6-4-3-5-7-12)23-10-15-24-14(11-26-15)17(18,19)20/h3-7,11,13,25H,2,8-10H2,1H3,(H2,21,22,23). The molecule has 0 spiro atoms. The van der Waals surface area contributed by atoms with E-state index in [0.717, 1.165) is 22.3 Å². The van der Waals surface area contributed by atoms with E-state index in [1.54, 1.807) is 0 Å². The van der Waals surface area contributed by atoms with Gasteiger partial charge in [0.2, 0.25) is 0 Å². The van der Waals surface area contributed by atoms with Crippen LogP contribution in [0.5, 0.6) is 0 Å². The van der Waals surface area contributed by atoms with Crippen LogP contribution in [0, 0.1) is 0 Å². The largest absolute Gasteiger partial charge is 0.434 e. The zero-order chi connectivity index (χ0) is 19.0. The van der Waals surface area contributed by atoms with E-state index in [1.165, 1.54) is 0 Å². The quantitative estimate of drug-likeness (QED) is 0.504. The molecule has 1 heterocycles. The fourth-order valence-corrected chi connectivity index (χ4v) is 2.90. The Kier molecular flexibility index (Phi) is 7.40. The molecule has 0 saturated heterocycles. The van der Waals surface area contributed by atoms with Gasteiger partial charge in [0.15, 0.2) is 11.7 Å². The highest BCUT2D eigenvalue weighted by molar-refractivity contribution is 7.09. The number of nitrogens with zero attached hydrogens (tertiary/aromatic N) is 2. The first-order valence-electron chi connectivity index (χ1n) is 8.17. The summed E-state index contributed by atoms with van der Waals surface area (Å²) < 4.78 is 37.7. The summed E-state index contributed by atoms with van der Waals surface area (Å²) in [6.45, 7) is 3.02. The maximum absolute atomic E-state index is 12.6. The van der Waals surface area contributed by atoms with E-state index in [-0.39, 0.29) is 6.54 Å². The molecule has 1 unspecified atom stereocenters. The van der Waals surface area contributed by atoms with Crippen molar-refractivity contribution in [2.45, 2.75) is 32.2 Å². The van der Waals surface area contributed by atoms with Crippen LogP contribution in [-0.2, 0) is 12.7 Å². The lowest BCUT2D eigenvalue weighted by Crippen LogP contribution is -2.38. The van der Waals surface area contributed by atoms with Crippen molar-refractivity contribution in [1.29, 1.82) is 0 Å². The molecule has 0 bridgehead atoms. The Bertz CT molecular complexity index is 704. The van der Waals surface area contributed by atoms with Crippen LogP contribution < -0.4 is 10.6 Å². The van der Waals surface area contributed by atoms with Gasteiger partial charge < -0.3 is 15.7 Å². The van der Waals surface area contributed by atoms with Crippen LogP contribution in [0.1, 0.15) is 35.7 Å². The van der Waals surface area contributed by atoms with Gasteiger partial charge in [-0.05, 0) is 18.9 Å². The Morgan fingerprint density at radius 3 is 2.62 bits per heavy atom. The molecular formula is C17H21F3N4OS. The molecule has 9 heteroatoms. The van der Waals surface area contributed by atoms with Crippen LogP contribution in [-0.4, -0.2) is 29.1 Å². The highest BCUT2D eigenvalue weighted by Gasteiger charge is 2.33. The lowest BCUT2D eigenvalue weighted by atomic mass is 10.1. The summed E-state index contributed by atoms with van der Waals surface area (Å²) in [5.41, 5.74) is -0.0599. The number of nitrogens with one attached hydrogen (secondary N) is 2. The number of benzene rings is 1. The number of hydrogen-bond acceptors (Lipinski definition) is 4. The highest BCUT2D eigenvalue weighted by atomic mass is 32.1. The van der Waals surface area contributed by atoms with Crippen LogP contribution >= 0.6 is 11.3 Å². The first kappa shape index (κ1) is 20.2. The number of hydrogen-bond donors (Lipinski definition) is 3. The van der Waals surface area contributed by atoms with Gasteiger partial charge in [-0.15, -0.1) is 11.3 Å². The number of thiazole rings is 1. The monoisotopic (exact) mass is 386 g/mol. The van der Waals surface area contributed by atoms with Crippen molar-refractivity contribution in [2.75, 3.05) is 13.1 Å². The molecule has 5 nitrogen and oxygen atoms in total. The molecule has 2 aromatic rings. The Morgan fingerprint density at radius 1 is 1.27 bits per heavy atom. The van der Waals surface area contributed by atoms with Crippen LogP contribution in [0.2, 0.25) is 0 Å². The Balaban J connectivity index is 1.87. The third-order valence-corrected chi connectivity index (χ3v) is 4.29. The molecule has 0 aliphatic heterocycles. The number of rotatable bonds is 7. The van der Waals surface area contributed by atoms with Crippen molar-refractivity contribution >= 4 is 17.3 Å². The Labute approximate surface area is 154 Å². The molecule has 0 aliphatic carbocycles. The summed E-state index contributed by atoms with van der Waals surface area (Å²) in [4.78, 5) is 7.79. The van der Waals surface area contributed by atoms with Gasteiger partial charge in [0, 0.05) is 18.5 Å². The minimum Gasteiger partial charge on any atom is -0.388 e. The van der Waals surface area contributed by atoms with Gasteiger partial charge in [-0.2, -0.15) is 13.2 Å². The average molecular weight is 386 g/mol. The first-order valence-corrected chi connectivity index (χ1v) is 9.05. The molecule has 1 aromatic heterocycles. The molecule has 0 aliphatic rings. The SMILES string of the molecule is CCNC(=NCc1nc(C(F)(F)F)cs1)NCCC(O)c1ccccc1. The van der Waals surface area contributed by atoms with E-state index in [1.807, 2.05) is 37.3 Å². The van der Waals surface area contributed by atoms with Crippen molar-refractivity contribution < 1.29 is 18.3 Å². The van der Waals surface area contributed by atoms with Crippen molar-refractivity contribution in [2.24, 2.45) is 4.99 Å². The summed E-state index contributed by atoms with van der Waals surface area (Å²) in [5.74, 6) is 0.469. The zero-order valence-corrected chi connectivity index (χ0v) is 15.1. The minimum atomic E-state index is -4.44. The average Bonchev–Trinajstić information content (AvgIpc) is 3.10. The van der Waals surface area contributed by atoms with Gasteiger partial charge >= 0.3 is 6.18 Å². The number of guanidine groups is 1. The summed E-state index contributed by atoms with van der Waals surface area (Å²) in [5, 5.41) is 17.5. The van der Waals surface area contributed by atoms with Crippen molar-refractivity contribution in [3.8, 4) is 0 Å². The molecule has 0 amide bonds. The number of aromatic nitrogens is 1. The molecule has 2 rings (SSSR count). The number of aliphatic hydroxyl groups excluding tert-OH is 1. The fraction of sp³-hybridized carbons (Fsp3) is 0.412. The van der Waals surface area contributed by atoms with Gasteiger partial charge in [0.05, 0.1) is 12.6 Å². The van der Waals surface area contributed by atoms with Gasteiger partial charge in [-0.25, -0.2) is 9.98 Å². The molecule has 1 atom stereocenters. The first-order chi connectivity index (χ1) is 12.4. The molecule has 26 heavy (non-hydrogen) atoms. The van der Waals surface area contributed by atoms with E-state index in [4.69, 9.17) is 0 Å². The summed E-state index contributed by atoms with van der Waals surface area (Å²) in [7, 11) is 0. The zero-order valence-electron chi connectivity index (χ0n) is 14.3. The molecule has 1 aromatic carbocycles. The Morgan fingerprint density at radius 2 is 2.00 bits per heavy atom. The maximum atomic E-state index is 12.6. The van der Waals surface area contributed by atoms with Crippen LogP contribution in [0.15, 0.2) is 40.7 Å². The Hall–Kier alpha value is -2.13. The van der Waals surface area contributed by atoms with Gasteiger partial charge in [-0.1, -0.05) is 30.3 Å². The van der Waals surface area contributed by atoms with Crippen molar-refractivity contribution in [1.82, 2.24) is 15.6 Å². The third-order valence-electron chi connectivity index (χ3n) is 3.45. The molecular weight excluding hydrogens is 365 g/mol. The number of alkyl halides is 3. The van der Waals surface area contributed by atoms with E-state index in [9.17, 15) is 18.3 Å². The molecule has 3 N–H and O–H groups in total. The van der Waals surface area contributed by atoms with Crippen molar-refractivity contribution in [3.63, 3.8) is 0 Å². The van der Waals surface area contributed by atoms with E-state index >= 15 is 0 Å². The molecule has 0 fully saturated rings. The highest BCUT2D eigenvalue weighted by Crippen LogP contribution is 2.30. The second-order valence-corrected chi connectivity index (χ2v) is 6.40. The number of halogens is 3. The summed E-state index contributed by atoms with van der Waals surface area (Å²) >= 11 is 0.929. The van der Waals surface area contributed by atoms with Gasteiger partial charge in [-0.3, -0.25) is 0 Å². The smallest absolute Gasteiger partial charge is 0.388 e. The number of aliphatic imine (C=N–C) groups is 1. The van der Waals surface area contributed by atoms with Crippen LogP contribution in [0.25, 0.3) is 0 Å². The van der Waals surface area contributed by atoms with Gasteiger partial charge in [0.1, 0.15) is 5.01 Å². The normalized spacial score (nSPS) is 13.5. The van der Waals surface area contributed by atoms with Crippen molar-refractivity contribution in [3.05, 3.63) is 52.0 Å². The lowest BCUT2D eigenvalue weighted by molar-refractivity contribution is -0.140. The third kappa shape index (κ3) is 6.30. The summed E-state index contributed by atoms with van der Waals surface area (Å²) in [6.07, 6.45) is -4.56. The maximum Gasteiger partial charge on any atom is 0.434 e. The summed E-state index contributed by atoms with van der Waals surface area (Å²) in [6, 6.07) is 9.31. The van der Waals surface area contributed by atoms with Crippen LogP contribution in [0.4, 0.5) is 13.2 Å². The molecule has 0 radical (unpaired) electrons. The van der Waals surface area contributed by atoms with Gasteiger partial charge in [0.25, 0.3) is 0 Å². The van der Waals surface area contributed by atoms with Crippen LogP contribution in [0.3, 0.4) is 0 Å². The van der Waals surface area contributed by atoms with E-state index < -0.39 is 18.0 Å².